The number of rotatable bonds is 3. The van der Waals surface area contributed by atoms with Crippen LogP contribution in [-0.2, 0) is 0 Å². The average Bonchev–Trinajstić information content (AvgIpc) is 2.31. The minimum Gasteiger partial charge on any atom is -0.464 e. The van der Waals surface area contributed by atoms with Crippen molar-refractivity contribution in [2.24, 2.45) is 0 Å². The molecule has 0 N–H and O–H groups in total. The van der Waals surface area contributed by atoms with Gasteiger partial charge in [-0.05, 0) is 6.92 Å². The molecule has 0 unspecified atom stereocenters. The number of aromatic nitrogens is 3. The van der Waals surface area contributed by atoms with Crippen LogP contribution in [0, 0.1) is 6.33 Å². The topological polar surface area (TPSA) is 47.9 Å². The summed E-state index contributed by atoms with van der Waals surface area (Å²) in [5, 5.41) is 0. The van der Waals surface area contributed by atoms with Crippen molar-refractivity contribution in [2.75, 3.05) is 6.61 Å². The van der Waals surface area contributed by atoms with Crippen LogP contribution in [-0.4, -0.2) is 21.6 Å². The van der Waals surface area contributed by atoms with Crippen LogP contribution in [0.1, 0.15) is 6.92 Å². The Balaban J connectivity index is 2.33. The van der Waals surface area contributed by atoms with E-state index in [9.17, 15) is 0 Å². The molecule has 4 nitrogen and oxygen atoms in total. The van der Waals surface area contributed by atoms with Gasteiger partial charge in [-0.1, -0.05) is 30.3 Å². The first-order chi connectivity index (χ1) is 7.40. The molecule has 1 radical (unpaired) electrons. The maximum atomic E-state index is 5.17. The normalized spacial score (nSPS) is 9.93. The van der Waals surface area contributed by atoms with Crippen molar-refractivity contribution in [1.29, 1.82) is 0 Å². The van der Waals surface area contributed by atoms with Crippen molar-refractivity contribution in [3.05, 3.63) is 36.7 Å². The summed E-state index contributed by atoms with van der Waals surface area (Å²) < 4.78 is 5.17. The quantitative estimate of drug-likeness (QED) is 0.757. The lowest BCUT2D eigenvalue weighted by Gasteiger charge is -2.01. The van der Waals surface area contributed by atoms with E-state index < -0.39 is 0 Å². The number of benzene rings is 1. The second-order valence-corrected chi connectivity index (χ2v) is 2.84. The fraction of sp³-hybridized carbons (Fsp3) is 0.182. The molecule has 15 heavy (non-hydrogen) atoms. The zero-order valence-corrected chi connectivity index (χ0v) is 8.34. The molecule has 1 aromatic carbocycles. The molecular weight excluding hydrogens is 190 g/mol. The van der Waals surface area contributed by atoms with Gasteiger partial charge in [0.05, 0.1) is 6.61 Å². The Morgan fingerprint density at radius 2 is 2.00 bits per heavy atom. The Morgan fingerprint density at radius 3 is 2.73 bits per heavy atom. The van der Waals surface area contributed by atoms with Crippen molar-refractivity contribution < 1.29 is 4.74 Å². The van der Waals surface area contributed by atoms with Crippen molar-refractivity contribution >= 4 is 0 Å². The smallest absolute Gasteiger partial charge is 0.320 e. The lowest BCUT2D eigenvalue weighted by molar-refractivity contribution is 0.311. The zero-order valence-electron chi connectivity index (χ0n) is 8.34. The zero-order chi connectivity index (χ0) is 10.5. The van der Waals surface area contributed by atoms with Crippen LogP contribution in [0.15, 0.2) is 30.3 Å². The number of ether oxygens (including phenoxy) is 1. The van der Waals surface area contributed by atoms with E-state index in [1.807, 2.05) is 37.3 Å². The minimum atomic E-state index is 0.311. The first-order valence-corrected chi connectivity index (χ1v) is 4.70. The van der Waals surface area contributed by atoms with E-state index in [-0.39, 0.29) is 0 Å². The van der Waals surface area contributed by atoms with E-state index in [1.54, 1.807) is 0 Å². The highest BCUT2D eigenvalue weighted by molar-refractivity contribution is 5.53. The molecule has 0 fully saturated rings. The van der Waals surface area contributed by atoms with E-state index in [4.69, 9.17) is 4.74 Å². The molecule has 0 atom stereocenters. The third kappa shape index (κ3) is 2.28. The highest BCUT2D eigenvalue weighted by Crippen LogP contribution is 2.14. The maximum Gasteiger partial charge on any atom is 0.320 e. The molecule has 0 aliphatic heterocycles. The lowest BCUT2D eigenvalue weighted by Crippen LogP contribution is -2.00. The van der Waals surface area contributed by atoms with E-state index in [0.29, 0.717) is 18.4 Å². The van der Waals surface area contributed by atoms with Gasteiger partial charge >= 0.3 is 6.01 Å². The Hall–Kier alpha value is -1.97. The molecule has 2 rings (SSSR count). The first-order valence-electron chi connectivity index (χ1n) is 4.70. The van der Waals surface area contributed by atoms with Gasteiger partial charge in [0, 0.05) is 5.56 Å². The summed E-state index contributed by atoms with van der Waals surface area (Å²) >= 11 is 0. The Bertz CT molecular complexity index is 431. The van der Waals surface area contributed by atoms with Crippen LogP contribution in [0.4, 0.5) is 0 Å². The molecule has 1 heterocycles. The molecule has 0 aliphatic rings. The molecule has 75 valence electrons. The molecular formula is C11H10N3O. The van der Waals surface area contributed by atoms with Crippen LogP contribution >= 0.6 is 0 Å². The molecule has 0 saturated heterocycles. The van der Waals surface area contributed by atoms with E-state index in [0.717, 1.165) is 5.56 Å². The van der Waals surface area contributed by atoms with Crippen molar-refractivity contribution in [3.8, 4) is 17.4 Å². The van der Waals surface area contributed by atoms with Gasteiger partial charge in [-0.25, -0.2) is 4.98 Å². The summed E-state index contributed by atoms with van der Waals surface area (Å²) in [6, 6.07) is 9.97. The van der Waals surface area contributed by atoms with E-state index in [1.165, 1.54) is 0 Å². The van der Waals surface area contributed by atoms with E-state index in [2.05, 4.69) is 21.3 Å². The second-order valence-electron chi connectivity index (χ2n) is 2.84. The van der Waals surface area contributed by atoms with Crippen molar-refractivity contribution in [1.82, 2.24) is 15.0 Å². The van der Waals surface area contributed by atoms with Gasteiger partial charge in [-0.2, -0.15) is 9.97 Å². The monoisotopic (exact) mass is 200 g/mol. The van der Waals surface area contributed by atoms with Gasteiger partial charge in [0.25, 0.3) is 0 Å². The van der Waals surface area contributed by atoms with Gasteiger partial charge < -0.3 is 4.74 Å². The van der Waals surface area contributed by atoms with Gasteiger partial charge in [0.2, 0.25) is 6.33 Å². The summed E-state index contributed by atoms with van der Waals surface area (Å²) in [6.45, 7) is 2.41. The Kier molecular flexibility index (Phi) is 2.88. The van der Waals surface area contributed by atoms with Crippen LogP contribution < -0.4 is 4.74 Å². The number of hydrogen-bond acceptors (Lipinski definition) is 4. The van der Waals surface area contributed by atoms with Gasteiger partial charge in [-0.15, -0.1) is 0 Å². The van der Waals surface area contributed by atoms with Gasteiger partial charge in [0.1, 0.15) is 0 Å². The largest absolute Gasteiger partial charge is 0.464 e. The summed E-state index contributed by atoms with van der Waals surface area (Å²) in [5.74, 6) is 0.578. The standard InChI is InChI=1S/C11H10N3O/c1-2-15-11-13-8-12-10(14-11)9-6-4-3-5-7-9/h3-7H,2H2,1H3. The van der Waals surface area contributed by atoms with E-state index >= 15 is 0 Å². The minimum absolute atomic E-state index is 0.311. The molecule has 0 bridgehead atoms. The predicted octanol–water partition coefficient (Wildman–Crippen LogP) is 1.74. The molecule has 0 aliphatic carbocycles. The Labute approximate surface area is 88.0 Å². The number of hydrogen-bond donors (Lipinski definition) is 0. The lowest BCUT2D eigenvalue weighted by atomic mass is 10.2. The average molecular weight is 200 g/mol. The predicted molar refractivity (Wildman–Crippen MR) is 55.3 cm³/mol. The SMILES string of the molecule is CCOc1n[c]nc(-c2ccccc2)n1. The number of nitrogens with zero attached hydrogens (tertiary/aromatic N) is 3. The summed E-state index contributed by atoms with van der Waals surface area (Å²) in [5.41, 5.74) is 0.928. The van der Waals surface area contributed by atoms with Gasteiger partial charge in [-0.3, -0.25) is 0 Å². The van der Waals surface area contributed by atoms with Gasteiger partial charge in [0.15, 0.2) is 5.82 Å². The summed E-state index contributed by atoms with van der Waals surface area (Å²) in [4.78, 5) is 11.9. The van der Waals surface area contributed by atoms with Crippen LogP contribution in [0.2, 0.25) is 0 Å². The molecule has 2 aromatic rings. The van der Waals surface area contributed by atoms with Crippen LogP contribution in [0.3, 0.4) is 0 Å². The highest BCUT2D eigenvalue weighted by Gasteiger charge is 2.03. The second kappa shape index (κ2) is 4.50. The van der Waals surface area contributed by atoms with Crippen LogP contribution in [0.25, 0.3) is 11.4 Å². The van der Waals surface area contributed by atoms with Crippen LogP contribution in [0.5, 0.6) is 6.01 Å². The third-order valence-electron chi connectivity index (χ3n) is 1.81. The molecule has 4 heteroatoms. The first kappa shape index (κ1) is 9.58. The molecule has 0 saturated carbocycles. The molecule has 0 amide bonds. The fourth-order valence-electron chi connectivity index (χ4n) is 1.17. The molecule has 0 spiro atoms. The fourth-order valence-corrected chi connectivity index (χ4v) is 1.17. The third-order valence-corrected chi connectivity index (χ3v) is 1.81. The maximum absolute atomic E-state index is 5.17. The van der Waals surface area contributed by atoms with Crippen molar-refractivity contribution in [3.63, 3.8) is 0 Å². The summed E-state index contributed by atoms with van der Waals surface area (Å²) in [6.07, 6.45) is 2.53. The highest BCUT2D eigenvalue weighted by atomic mass is 16.5. The Morgan fingerprint density at radius 1 is 1.20 bits per heavy atom. The van der Waals surface area contributed by atoms with Crippen molar-refractivity contribution in [2.45, 2.75) is 6.92 Å². The summed E-state index contributed by atoms with van der Waals surface area (Å²) in [7, 11) is 0. The molecule has 1 aromatic heterocycles.